The molecule has 0 fully saturated rings. The number of carbonyl (C=O) groups excluding carboxylic acids is 1. The molecule has 0 saturated heterocycles. The zero-order chi connectivity index (χ0) is 18.4. The van der Waals surface area contributed by atoms with Crippen molar-refractivity contribution in [1.29, 1.82) is 0 Å². The monoisotopic (exact) mass is 347 g/mol. The molecule has 3 rings (SSSR count). The first kappa shape index (κ1) is 17.6. The van der Waals surface area contributed by atoms with Gasteiger partial charge in [-0.3, -0.25) is 4.79 Å². The number of benzene rings is 2. The van der Waals surface area contributed by atoms with Crippen molar-refractivity contribution in [3.63, 3.8) is 0 Å². The van der Waals surface area contributed by atoms with Gasteiger partial charge in [-0.1, -0.05) is 30.2 Å². The first-order valence-corrected chi connectivity index (χ1v) is 8.53. The van der Waals surface area contributed by atoms with Crippen LogP contribution in [0, 0.1) is 12.3 Å². The molecule has 3 aromatic rings. The highest BCUT2D eigenvalue weighted by Crippen LogP contribution is 2.18. The van der Waals surface area contributed by atoms with Crippen LogP contribution in [-0.2, 0) is 13.0 Å². The summed E-state index contributed by atoms with van der Waals surface area (Å²) in [6.07, 6.45) is 7.01. The Morgan fingerprint density at radius 1 is 1.23 bits per heavy atom. The van der Waals surface area contributed by atoms with Crippen molar-refractivity contribution in [3.8, 4) is 18.1 Å². The van der Waals surface area contributed by atoms with Crippen LogP contribution < -0.4 is 10.1 Å². The molecule has 0 bridgehead atoms. The third-order valence-corrected chi connectivity index (χ3v) is 4.20. The summed E-state index contributed by atoms with van der Waals surface area (Å²) in [6, 6.07) is 15.1. The van der Waals surface area contributed by atoms with Crippen molar-refractivity contribution in [1.82, 2.24) is 14.9 Å². The van der Waals surface area contributed by atoms with Gasteiger partial charge in [0.25, 0.3) is 5.91 Å². The molecule has 5 nitrogen and oxygen atoms in total. The number of carbonyl (C=O) groups is 1. The van der Waals surface area contributed by atoms with E-state index in [0.717, 1.165) is 29.7 Å². The Balaban J connectivity index is 1.62. The number of imidazole rings is 1. The van der Waals surface area contributed by atoms with Gasteiger partial charge in [-0.2, -0.15) is 0 Å². The van der Waals surface area contributed by atoms with Gasteiger partial charge in [0.1, 0.15) is 11.6 Å². The molecule has 1 amide bonds. The summed E-state index contributed by atoms with van der Waals surface area (Å²) in [7, 11) is 1.56. The van der Waals surface area contributed by atoms with Crippen LogP contribution in [0.15, 0.2) is 48.5 Å². The van der Waals surface area contributed by atoms with E-state index >= 15 is 0 Å². The lowest BCUT2D eigenvalue weighted by atomic mass is 10.2. The fraction of sp³-hybridized carbons (Fsp3) is 0.238. The number of aryl methyl sites for hydroxylation is 1. The summed E-state index contributed by atoms with van der Waals surface area (Å²) in [5.74, 6) is 4.06. The number of methoxy groups -OCH3 is 1. The number of rotatable bonds is 7. The smallest absolute Gasteiger partial charge is 0.255 e. The number of ether oxygens (including phenoxy) is 1. The van der Waals surface area contributed by atoms with Crippen molar-refractivity contribution in [2.75, 3.05) is 13.7 Å². The summed E-state index contributed by atoms with van der Waals surface area (Å²) in [5.41, 5.74) is 2.52. The van der Waals surface area contributed by atoms with Crippen LogP contribution >= 0.6 is 0 Å². The molecule has 0 aliphatic carbocycles. The minimum atomic E-state index is -0.139. The number of hydrogen-bond acceptors (Lipinski definition) is 3. The average molecular weight is 347 g/mol. The number of fused-ring (bicyclic) bond motifs is 1. The molecule has 0 atom stereocenters. The number of nitrogens with zero attached hydrogens (tertiary/aromatic N) is 2. The van der Waals surface area contributed by atoms with Gasteiger partial charge >= 0.3 is 0 Å². The molecule has 1 aromatic heterocycles. The summed E-state index contributed by atoms with van der Waals surface area (Å²) in [5, 5.41) is 2.93. The molecule has 0 spiro atoms. The number of nitrogens with one attached hydrogen (secondary N) is 1. The standard InChI is InChI=1S/C21H21N3O2/c1-3-15-24-18-11-6-5-10-17(18)23-20(24)13-8-14-22-21(25)16-9-4-7-12-19(16)26-2/h1,4-7,9-12H,8,13-15H2,2H3,(H,22,25). The van der Waals surface area contributed by atoms with Gasteiger partial charge < -0.3 is 14.6 Å². The van der Waals surface area contributed by atoms with E-state index in [9.17, 15) is 4.79 Å². The molecule has 1 heterocycles. The van der Waals surface area contributed by atoms with E-state index in [-0.39, 0.29) is 5.91 Å². The van der Waals surface area contributed by atoms with Gasteiger partial charge in [0.05, 0.1) is 30.3 Å². The Hall–Kier alpha value is -3.26. The molecule has 132 valence electrons. The zero-order valence-corrected chi connectivity index (χ0v) is 14.7. The number of hydrogen-bond donors (Lipinski definition) is 1. The van der Waals surface area contributed by atoms with Crippen molar-refractivity contribution in [2.45, 2.75) is 19.4 Å². The Labute approximate surface area is 153 Å². The van der Waals surface area contributed by atoms with E-state index < -0.39 is 0 Å². The molecule has 26 heavy (non-hydrogen) atoms. The second-order valence-electron chi connectivity index (χ2n) is 5.87. The zero-order valence-electron chi connectivity index (χ0n) is 14.7. The summed E-state index contributed by atoms with van der Waals surface area (Å²) < 4.78 is 7.28. The predicted octanol–water partition coefficient (Wildman–Crippen LogP) is 3.04. The largest absolute Gasteiger partial charge is 0.496 e. The number of amides is 1. The summed E-state index contributed by atoms with van der Waals surface area (Å²) in [6.45, 7) is 1.04. The maximum absolute atomic E-state index is 12.3. The van der Waals surface area contributed by atoms with Crippen molar-refractivity contribution in [2.24, 2.45) is 0 Å². The lowest BCUT2D eigenvalue weighted by Gasteiger charge is -2.09. The first-order valence-electron chi connectivity index (χ1n) is 8.53. The molecule has 2 aromatic carbocycles. The Morgan fingerprint density at radius 3 is 2.81 bits per heavy atom. The van der Waals surface area contributed by atoms with Crippen LogP contribution in [0.5, 0.6) is 5.75 Å². The highest BCUT2D eigenvalue weighted by Gasteiger charge is 2.12. The lowest BCUT2D eigenvalue weighted by Crippen LogP contribution is -2.25. The molecule has 0 saturated carbocycles. The van der Waals surface area contributed by atoms with Crippen molar-refractivity contribution < 1.29 is 9.53 Å². The van der Waals surface area contributed by atoms with Gasteiger partial charge in [-0.25, -0.2) is 4.98 Å². The van der Waals surface area contributed by atoms with E-state index in [0.29, 0.717) is 24.4 Å². The van der Waals surface area contributed by atoms with E-state index in [1.165, 1.54) is 0 Å². The summed E-state index contributed by atoms with van der Waals surface area (Å²) in [4.78, 5) is 17.0. The van der Waals surface area contributed by atoms with E-state index in [1.807, 2.05) is 36.4 Å². The maximum Gasteiger partial charge on any atom is 0.255 e. The van der Waals surface area contributed by atoms with Crippen LogP contribution in [0.1, 0.15) is 22.6 Å². The van der Waals surface area contributed by atoms with Gasteiger partial charge in [0, 0.05) is 13.0 Å². The molecule has 5 heteroatoms. The fourth-order valence-corrected chi connectivity index (χ4v) is 2.96. The van der Waals surface area contributed by atoms with E-state index in [2.05, 4.69) is 20.8 Å². The average Bonchev–Trinajstić information content (AvgIpc) is 3.03. The Kier molecular flexibility index (Phi) is 5.55. The lowest BCUT2D eigenvalue weighted by molar-refractivity contribution is 0.0950. The molecular formula is C21H21N3O2. The molecule has 0 aliphatic heterocycles. The minimum absolute atomic E-state index is 0.139. The number of aromatic nitrogens is 2. The third-order valence-electron chi connectivity index (χ3n) is 4.20. The van der Waals surface area contributed by atoms with Crippen molar-refractivity contribution >= 4 is 16.9 Å². The summed E-state index contributed by atoms with van der Waals surface area (Å²) >= 11 is 0. The molecule has 0 unspecified atom stereocenters. The fourth-order valence-electron chi connectivity index (χ4n) is 2.96. The van der Waals surface area contributed by atoms with Crippen LogP contribution in [0.3, 0.4) is 0 Å². The normalized spacial score (nSPS) is 10.5. The molecule has 0 radical (unpaired) electrons. The topological polar surface area (TPSA) is 56.2 Å². The second-order valence-corrected chi connectivity index (χ2v) is 5.87. The minimum Gasteiger partial charge on any atom is -0.496 e. The van der Waals surface area contributed by atoms with E-state index in [4.69, 9.17) is 11.2 Å². The van der Waals surface area contributed by atoms with Gasteiger partial charge in [0.2, 0.25) is 0 Å². The van der Waals surface area contributed by atoms with E-state index in [1.54, 1.807) is 19.2 Å². The van der Waals surface area contributed by atoms with Gasteiger partial charge in [0.15, 0.2) is 0 Å². The molecular weight excluding hydrogens is 326 g/mol. The highest BCUT2D eigenvalue weighted by atomic mass is 16.5. The quantitative estimate of drug-likeness (QED) is 0.528. The Morgan fingerprint density at radius 2 is 2.00 bits per heavy atom. The van der Waals surface area contributed by atoms with Crippen LogP contribution in [-0.4, -0.2) is 29.1 Å². The van der Waals surface area contributed by atoms with Gasteiger partial charge in [-0.15, -0.1) is 6.42 Å². The maximum atomic E-state index is 12.3. The van der Waals surface area contributed by atoms with Crippen LogP contribution in [0.25, 0.3) is 11.0 Å². The predicted molar refractivity (Wildman–Crippen MR) is 102 cm³/mol. The molecule has 0 aliphatic rings. The first-order chi connectivity index (χ1) is 12.7. The van der Waals surface area contributed by atoms with Gasteiger partial charge in [-0.05, 0) is 30.7 Å². The van der Waals surface area contributed by atoms with Crippen LogP contribution in [0.4, 0.5) is 0 Å². The highest BCUT2D eigenvalue weighted by molar-refractivity contribution is 5.96. The Bertz CT molecular complexity index is 953. The number of terminal acetylenes is 1. The third kappa shape index (κ3) is 3.70. The molecule has 1 N–H and O–H groups in total. The van der Waals surface area contributed by atoms with Crippen molar-refractivity contribution in [3.05, 3.63) is 59.9 Å². The van der Waals surface area contributed by atoms with Crippen LogP contribution in [0.2, 0.25) is 0 Å². The SMILES string of the molecule is C#CCn1c(CCCNC(=O)c2ccccc2OC)nc2ccccc21. The second kappa shape index (κ2) is 8.21. The number of para-hydroxylation sites is 3.